The van der Waals surface area contributed by atoms with Crippen LogP contribution in [-0.4, -0.2) is 46.3 Å². The third-order valence-electron chi connectivity index (χ3n) is 5.48. The summed E-state index contributed by atoms with van der Waals surface area (Å²) in [5, 5.41) is 2.66. The zero-order chi connectivity index (χ0) is 23.0. The van der Waals surface area contributed by atoms with Crippen LogP contribution >= 0.6 is 11.3 Å². The van der Waals surface area contributed by atoms with E-state index in [1.807, 2.05) is 13.8 Å². The van der Waals surface area contributed by atoms with Gasteiger partial charge in [0, 0.05) is 24.2 Å². The number of aromatic nitrogens is 3. The Labute approximate surface area is 190 Å². The van der Waals surface area contributed by atoms with Gasteiger partial charge in [-0.3, -0.25) is 14.2 Å². The summed E-state index contributed by atoms with van der Waals surface area (Å²) in [6, 6.07) is 5.09. The summed E-state index contributed by atoms with van der Waals surface area (Å²) in [4.78, 5) is 34.9. The normalized spacial score (nSPS) is 19.8. The summed E-state index contributed by atoms with van der Waals surface area (Å²) in [6.45, 7) is 6.30. The predicted octanol–water partition coefficient (Wildman–Crippen LogP) is 2.47. The van der Waals surface area contributed by atoms with Crippen molar-refractivity contribution in [3.63, 3.8) is 0 Å². The van der Waals surface area contributed by atoms with Gasteiger partial charge in [0.05, 0.1) is 11.7 Å². The van der Waals surface area contributed by atoms with Gasteiger partial charge in [-0.15, -0.1) is 11.3 Å². The molecule has 0 aliphatic carbocycles. The lowest BCUT2D eigenvalue weighted by molar-refractivity contribution is -0.116. The van der Waals surface area contributed by atoms with Gasteiger partial charge in [0.15, 0.2) is 0 Å². The Morgan fingerprint density at radius 1 is 1.22 bits per heavy atom. The van der Waals surface area contributed by atoms with Crippen molar-refractivity contribution in [1.82, 2.24) is 18.8 Å². The van der Waals surface area contributed by atoms with Gasteiger partial charge >= 0.3 is 0 Å². The monoisotopic (exact) mass is 475 g/mol. The molecule has 4 heterocycles. The number of anilines is 1. The summed E-state index contributed by atoms with van der Waals surface area (Å²) in [5.41, 5.74) is -0.549. The van der Waals surface area contributed by atoms with Crippen LogP contribution in [0.15, 0.2) is 40.4 Å². The second-order valence-corrected chi connectivity index (χ2v) is 11.5. The molecule has 3 aromatic rings. The van der Waals surface area contributed by atoms with Crippen LogP contribution in [0.3, 0.4) is 0 Å². The maximum atomic E-state index is 13.6. The molecule has 1 fully saturated rings. The van der Waals surface area contributed by atoms with Crippen molar-refractivity contribution in [3.05, 3.63) is 46.0 Å². The number of rotatable bonds is 5. The summed E-state index contributed by atoms with van der Waals surface area (Å²) >= 11 is 1.17. The highest BCUT2D eigenvalue weighted by molar-refractivity contribution is 7.89. The van der Waals surface area contributed by atoms with Crippen molar-refractivity contribution in [2.45, 2.75) is 38.6 Å². The number of amides is 1. The summed E-state index contributed by atoms with van der Waals surface area (Å²) in [6.07, 6.45) is 3.79. The fourth-order valence-electron chi connectivity index (χ4n) is 4.24. The molecule has 3 aromatic heterocycles. The van der Waals surface area contributed by atoms with Crippen LogP contribution in [0.1, 0.15) is 25.1 Å². The highest BCUT2D eigenvalue weighted by atomic mass is 32.2. The standard InChI is InChI=1S/C21H25N5O4S2/c1-13-8-14(2)10-26(9-13)32(29,30)19-15(3)31-20-18(19)21(28)25(12-23-20)11-17(27)24-16-6-4-5-7-22-16/h4-7,12-14H,8-11H2,1-3H3,(H,22,24,27)/t13-,14+. The molecule has 32 heavy (non-hydrogen) atoms. The number of aryl methyl sites for hydroxylation is 1. The summed E-state index contributed by atoms with van der Waals surface area (Å²) < 4.78 is 29.7. The molecule has 170 valence electrons. The van der Waals surface area contributed by atoms with Crippen LogP contribution in [-0.2, 0) is 21.4 Å². The number of pyridine rings is 1. The number of sulfonamides is 1. The molecule has 2 atom stereocenters. The molecular weight excluding hydrogens is 450 g/mol. The topological polar surface area (TPSA) is 114 Å². The Kier molecular flexibility index (Phi) is 6.15. The lowest BCUT2D eigenvalue weighted by Gasteiger charge is -2.34. The molecule has 0 radical (unpaired) electrons. The van der Waals surface area contributed by atoms with Crippen LogP contribution in [0.25, 0.3) is 10.2 Å². The quantitative estimate of drug-likeness (QED) is 0.606. The van der Waals surface area contributed by atoms with Crippen molar-refractivity contribution in [3.8, 4) is 0 Å². The van der Waals surface area contributed by atoms with Gasteiger partial charge in [-0.2, -0.15) is 4.31 Å². The number of nitrogens with zero attached hydrogens (tertiary/aromatic N) is 4. The van der Waals surface area contributed by atoms with E-state index in [-0.39, 0.29) is 28.7 Å². The number of hydrogen-bond acceptors (Lipinski definition) is 7. The van der Waals surface area contributed by atoms with Gasteiger partial charge in [-0.05, 0) is 37.3 Å². The molecule has 1 aliphatic rings. The predicted molar refractivity (Wildman–Crippen MR) is 123 cm³/mol. The highest BCUT2D eigenvalue weighted by Gasteiger charge is 2.35. The van der Waals surface area contributed by atoms with E-state index in [1.165, 1.54) is 22.0 Å². The maximum absolute atomic E-state index is 13.6. The van der Waals surface area contributed by atoms with Crippen LogP contribution in [0.5, 0.6) is 0 Å². The molecule has 1 aliphatic heterocycles. The van der Waals surface area contributed by atoms with Crippen LogP contribution in [0, 0.1) is 18.8 Å². The zero-order valence-electron chi connectivity index (χ0n) is 18.1. The number of nitrogens with one attached hydrogen (secondary N) is 1. The van der Waals surface area contributed by atoms with Gasteiger partial charge in [0.1, 0.15) is 22.1 Å². The lowest BCUT2D eigenvalue weighted by atomic mass is 9.94. The number of fused-ring (bicyclic) bond motifs is 1. The van der Waals surface area contributed by atoms with Crippen molar-refractivity contribution in [1.29, 1.82) is 0 Å². The molecule has 4 rings (SSSR count). The molecule has 1 saturated heterocycles. The van der Waals surface area contributed by atoms with E-state index >= 15 is 0 Å². The van der Waals surface area contributed by atoms with E-state index in [4.69, 9.17) is 0 Å². The fraction of sp³-hybridized carbons (Fsp3) is 0.429. The van der Waals surface area contributed by atoms with Gasteiger partial charge < -0.3 is 5.32 Å². The number of hydrogen-bond donors (Lipinski definition) is 1. The Hall–Kier alpha value is -2.63. The highest BCUT2D eigenvalue weighted by Crippen LogP contribution is 2.35. The zero-order valence-corrected chi connectivity index (χ0v) is 19.7. The Balaban J connectivity index is 1.71. The first-order valence-electron chi connectivity index (χ1n) is 10.4. The van der Waals surface area contributed by atoms with Crippen molar-refractivity contribution < 1.29 is 13.2 Å². The molecule has 1 N–H and O–H groups in total. The summed E-state index contributed by atoms with van der Waals surface area (Å²) in [5.74, 6) is 0.386. The largest absolute Gasteiger partial charge is 0.309 e. The minimum Gasteiger partial charge on any atom is -0.309 e. The van der Waals surface area contributed by atoms with E-state index in [0.29, 0.717) is 28.6 Å². The number of piperidine rings is 1. The van der Waals surface area contributed by atoms with Crippen LogP contribution in [0.4, 0.5) is 5.82 Å². The molecule has 11 heteroatoms. The second kappa shape index (κ2) is 8.72. The average Bonchev–Trinajstić information content (AvgIpc) is 3.07. The van der Waals surface area contributed by atoms with Gasteiger partial charge in [-0.1, -0.05) is 19.9 Å². The molecule has 0 bridgehead atoms. The van der Waals surface area contributed by atoms with E-state index in [0.717, 1.165) is 11.0 Å². The van der Waals surface area contributed by atoms with Crippen LogP contribution in [0.2, 0.25) is 0 Å². The van der Waals surface area contributed by atoms with E-state index < -0.39 is 21.5 Å². The maximum Gasteiger partial charge on any atom is 0.263 e. The van der Waals surface area contributed by atoms with E-state index in [9.17, 15) is 18.0 Å². The van der Waals surface area contributed by atoms with Crippen molar-refractivity contribution >= 4 is 43.3 Å². The first-order valence-corrected chi connectivity index (χ1v) is 12.6. The first-order chi connectivity index (χ1) is 15.2. The minimum atomic E-state index is -3.88. The fourth-order valence-corrected chi connectivity index (χ4v) is 7.59. The Bertz CT molecular complexity index is 1310. The molecule has 0 spiro atoms. The Morgan fingerprint density at radius 3 is 2.59 bits per heavy atom. The van der Waals surface area contributed by atoms with Gasteiger partial charge in [0.2, 0.25) is 15.9 Å². The number of carbonyl (C=O) groups is 1. The van der Waals surface area contributed by atoms with Crippen molar-refractivity contribution in [2.24, 2.45) is 11.8 Å². The van der Waals surface area contributed by atoms with Gasteiger partial charge in [0.25, 0.3) is 5.56 Å². The lowest BCUT2D eigenvalue weighted by Crippen LogP contribution is -2.42. The third-order valence-corrected chi connectivity index (χ3v) is 8.63. The molecule has 1 amide bonds. The number of thiophene rings is 1. The SMILES string of the molecule is Cc1sc2ncn(CC(=O)Nc3ccccn3)c(=O)c2c1S(=O)(=O)N1C[C@H](C)C[C@H](C)C1. The average molecular weight is 476 g/mol. The molecule has 0 unspecified atom stereocenters. The van der Waals surface area contributed by atoms with Gasteiger partial charge in [-0.25, -0.2) is 18.4 Å². The molecule has 9 nitrogen and oxygen atoms in total. The van der Waals surface area contributed by atoms with Crippen molar-refractivity contribution in [2.75, 3.05) is 18.4 Å². The summed E-state index contributed by atoms with van der Waals surface area (Å²) in [7, 11) is -3.88. The Morgan fingerprint density at radius 2 is 1.94 bits per heavy atom. The smallest absolute Gasteiger partial charge is 0.263 e. The van der Waals surface area contributed by atoms with Crippen LogP contribution < -0.4 is 10.9 Å². The first kappa shape index (κ1) is 22.6. The number of carbonyl (C=O) groups excluding carboxylic acids is 1. The second-order valence-electron chi connectivity index (χ2n) is 8.38. The third kappa shape index (κ3) is 4.32. The molecule has 0 aromatic carbocycles. The molecule has 0 saturated carbocycles. The molecular formula is C21H25N5O4S2. The van der Waals surface area contributed by atoms with E-state index in [2.05, 4.69) is 15.3 Å². The minimum absolute atomic E-state index is 0.00999. The van der Waals surface area contributed by atoms with E-state index in [1.54, 1.807) is 31.3 Å².